The predicted molar refractivity (Wildman–Crippen MR) is 38.6 cm³/mol. The molecular weight excluding hydrogens is 307 g/mol. The van der Waals surface area contributed by atoms with Gasteiger partial charge in [0.05, 0.1) is 0 Å². The molecule has 10 heavy (non-hydrogen) atoms. The van der Waals surface area contributed by atoms with Crippen LogP contribution in [0, 0.1) is 0 Å². The van der Waals surface area contributed by atoms with Crippen molar-refractivity contribution in [2.75, 3.05) is 0 Å². The Morgan fingerprint density at radius 1 is 1.00 bits per heavy atom. The molecule has 1 nitrogen and oxygen atoms in total. The van der Waals surface area contributed by atoms with E-state index in [2.05, 4.69) is 19.8 Å². The van der Waals surface area contributed by atoms with E-state index < -0.39 is 0 Å². The standard InChI is InChI=1S/C8H15O.Pt/c1-2-3-4-5-6-7-8-9;/h8H,1-7H2;. The van der Waals surface area contributed by atoms with Crippen LogP contribution in [0.15, 0.2) is 0 Å². The normalized spacial score (nSPS) is 9.80. The molecule has 0 amide bonds. The monoisotopic (exact) mass is 322 g/mol. The number of rotatable bonds is 7. The molecule has 0 bridgehead atoms. The molecule has 0 aromatic heterocycles. The molecule has 0 rings (SSSR count). The number of carbonyl (C=O) groups is 1. The first-order chi connectivity index (χ1) is 4.91. The molecule has 0 aliphatic heterocycles. The minimum atomic E-state index is 0.754. The van der Waals surface area contributed by atoms with Gasteiger partial charge in [-0.05, 0) is 0 Å². The summed E-state index contributed by atoms with van der Waals surface area (Å²) in [5.41, 5.74) is 0. The molecule has 0 heterocycles. The van der Waals surface area contributed by atoms with E-state index in [1.165, 1.54) is 30.5 Å². The number of carbonyl (C=O) groups excluding carboxylic acids is 1. The molecule has 0 aliphatic carbocycles. The van der Waals surface area contributed by atoms with Gasteiger partial charge < -0.3 is 0 Å². The van der Waals surface area contributed by atoms with Crippen LogP contribution >= 0.6 is 0 Å². The zero-order valence-corrected chi connectivity index (χ0v) is 8.52. The van der Waals surface area contributed by atoms with Crippen molar-refractivity contribution in [1.29, 1.82) is 0 Å². The van der Waals surface area contributed by atoms with E-state index in [1.807, 2.05) is 0 Å². The summed E-state index contributed by atoms with van der Waals surface area (Å²) in [6.07, 6.45) is 8.06. The van der Waals surface area contributed by atoms with Crippen LogP contribution < -0.4 is 0 Å². The number of aldehydes is 1. The Bertz CT molecular complexity index is 73.7. The zero-order chi connectivity index (χ0) is 7.66. The van der Waals surface area contributed by atoms with Crippen molar-refractivity contribution in [3.8, 4) is 0 Å². The van der Waals surface area contributed by atoms with Gasteiger partial charge in [0.1, 0.15) is 0 Å². The van der Waals surface area contributed by atoms with E-state index >= 15 is 0 Å². The quantitative estimate of drug-likeness (QED) is 0.520. The second-order valence-corrected chi connectivity index (χ2v) is 3.52. The minimum absolute atomic E-state index is 0.754. The van der Waals surface area contributed by atoms with E-state index in [0.29, 0.717) is 0 Å². The topological polar surface area (TPSA) is 17.1 Å². The van der Waals surface area contributed by atoms with Crippen LogP contribution in [0.4, 0.5) is 0 Å². The van der Waals surface area contributed by atoms with Crippen molar-refractivity contribution in [2.45, 2.75) is 43.3 Å². The van der Waals surface area contributed by atoms with E-state index in [0.717, 1.165) is 19.1 Å². The van der Waals surface area contributed by atoms with Crippen LogP contribution in [0.25, 0.3) is 0 Å². The fourth-order valence-electron chi connectivity index (χ4n) is 0.837. The molecule has 0 aromatic carbocycles. The Balaban J connectivity index is 2.70. The van der Waals surface area contributed by atoms with Gasteiger partial charge in [0, 0.05) is 0 Å². The Morgan fingerprint density at radius 3 is 2.20 bits per heavy atom. The summed E-state index contributed by atoms with van der Waals surface area (Å²) < 4.78 is 0. The van der Waals surface area contributed by atoms with Crippen LogP contribution in [0.3, 0.4) is 0 Å². The average molecular weight is 322 g/mol. The summed E-state index contributed by atoms with van der Waals surface area (Å²) >= 11 is 2.39. The van der Waals surface area contributed by atoms with E-state index in [-0.39, 0.29) is 0 Å². The Morgan fingerprint density at radius 2 is 1.60 bits per heavy atom. The third-order valence-electron chi connectivity index (χ3n) is 1.43. The molecule has 0 atom stereocenters. The maximum atomic E-state index is 9.89. The molecule has 0 fully saturated rings. The third kappa shape index (κ3) is 8.36. The summed E-state index contributed by atoms with van der Waals surface area (Å²) in [5, 5.41) is 0. The van der Waals surface area contributed by atoms with Crippen LogP contribution in [0.1, 0.15) is 38.5 Å². The van der Waals surface area contributed by atoms with Gasteiger partial charge in [-0.2, -0.15) is 0 Å². The Labute approximate surface area is 74.5 Å². The second kappa shape index (κ2) is 9.36. The Kier molecular flexibility index (Phi) is 9.69. The van der Waals surface area contributed by atoms with Crippen molar-refractivity contribution < 1.29 is 24.6 Å². The zero-order valence-electron chi connectivity index (χ0n) is 6.25. The predicted octanol–water partition coefficient (Wildman–Crippen LogP) is 2.49. The molecule has 0 aliphatic rings. The number of unbranched alkanes of at least 4 members (excludes halogenated alkanes) is 5. The van der Waals surface area contributed by atoms with Gasteiger partial charge in [-0.25, -0.2) is 0 Å². The summed E-state index contributed by atoms with van der Waals surface area (Å²) in [4.78, 5) is 11.2. The number of hydrogen-bond donors (Lipinski definition) is 0. The molecule has 0 spiro atoms. The molecule has 0 saturated carbocycles. The van der Waals surface area contributed by atoms with E-state index in [9.17, 15) is 4.79 Å². The molecule has 0 aromatic rings. The second-order valence-electron chi connectivity index (χ2n) is 2.38. The first-order valence-electron chi connectivity index (χ1n) is 3.87. The Hall–Kier alpha value is 0.358. The van der Waals surface area contributed by atoms with Gasteiger partial charge >= 0.3 is 74.2 Å². The van der Waals surface area contributed by atoms with Gasteiger partial charge in [-0.1, -0.05) is 0 Å². The molecule has 0 saturated heterocycles. The first kappa shape index (κ1) is 10.4. The van der Waals surface area contributed by atoms with Gasteiger partial charge in [-0.15, -0.1) is 0 Å². The van der Waals surface area contributed by atoms with Gasteiger partial charge in [0.15, 0.2) is 0 Å². The SMILES string of the molecule is O=CCCCCCC[CH2][Pt]. The van der Waals surface area contributed by atoms with Crippen LogP contribution in [0.2, 0.25) is 4.81 Å². The maximum absolute atomic E-state index is 9.89. The third-order valence-corrected chi connectivity index (χ3v) is 2.24. The van der Waals surface area contributed by atoms with Crippen molar-refractivity contribution in [3.05, 3.63) is 0 Å². The summed E-state index contributed by atoms with van der Waals surface area (Å²) in [5.74, 6) is 0. The summed E-state index contributed by atoms with van der Waals surface area (Å²) in [6, 6.07) is 0. The molecule has 0 N–H and O–H groups in total. The van der Waals surface area contributed by atoms with Crippen molar-refractivity contribution >= 4 is 6.29 Å². The fraction of sp³-hybridized carbons (Fsp3) is 0.875. The molecule has 0 radical (unpaired) electrons. The summed E-state index contributed by atoms with van der Waals surface area (Å²) in [6.45, 7) is 0. The van der Waals surface area contributed by atoms with Gasteiger partial charge in [0.25, 0.3) is 0 Å². The molecule has 2 heteroatoms. The first-order valence-corrected chi connectivity index (χ1v) is 5.47. The average Bonchev–Trinajstić information content (AvgIpc) is 1.97. The van der Waals surface area contributed by atoms with Crippen molar-refractivity contribution in [2.24, 2.45) is 0 Å². The fourth-order valence-corrected chi connectivity index (χ4v) is 1.41. The van der Waals surface area contributed by atoms with Crippen molar-refractivity contribution in [1.82, 2.24) is 0 Å². The van der Waals surface area contributed by atoms with Crippen LogP contribution in [-0.2, 0) is 24.6 Å². The van der Waals surface area contributed by atoms with Crippen LogP contribution in [-0.4, -0.2) is 6.29 Å². The summed E-state index contributed by atoms with van der Waals surface area (Å²) in [7, 11) is 0. The van der Waals surface area contributed by atoms with E-state index in [4.69, 9.17) is 0 Å². The van der Waals surface area contributed by atoms with Gasteiger partial charge in [0.2, 0.25) is 0 Å². The van der Waals surface area contributed by atoms with E-state index in [1.54, 1.807) is 0 Å². The molecular formula is C8H15OPt. The van der Waals surface area contributed by atoms with Crippen molar-refractivity contribution in [3.63, 3.8) is 0 Å². The number of hydrogen-bond acceptors (Lipinski definition) is 1. The molecule has 63 valence electrons. The van der Waals surface area contributed by atoms with Gasteiger partial charge in [-0.3, -0.25) is 0 Å². The van der Waals surface area contributed by atoms with Crippen LogP contribution in [0.5, 0.6) is 0 Å². The molecule has 0 unspecified atom stereocenters.